The highest BCUT2D eigenvalue weighted by molar-refractivity contribution is 7.88. The molecule has 0 unspecified atom stereocenters. The third kappa shape index (κ3) is 4.57. The molecule has 1 saturated carbocycles. The van der Waals surface area contributed by atoms with Gasteiger partial charge in [-0.25, -0.2) is 13.1 Å². The number of nitrogens with one attached hydrogen (secondary N) is 1. The van der Waals surface area contributed by atoms with E-state index in [-0.39, 0.29) is 5.75 Å². The maximum atomic E-state index is 12.7. The topological polar surface area (TPSA) is 70.0 Å². The van der Waals surface area contributed by atoms with Crippen molar-refractivity contribution in [2.24, 2.45) is 0 Å². The first-order valence-corrected chi connectivity index (χ1v) is 10.7. The lowest BCUT2D eigenvalue weighted by Crippen LogP contribution is -2.55. The van der Waals surface area contributed by atoms with Gasteiger partial charge in [-0.3, -0.25) is 0 Å². The van der Waals surface area contributed by atoms with Gasteiger partial charge in [0, 0.05) is 15.6 Å². The van der Waals surface area contributed by atoms with Crippen LogP contribution in [0, 0.1) is 11.3 Å². The van der Waals surface area contributed by atoms with E-state index < -0.39 is 15.6 Å². The number of halogens is 2. The summed E-state index contributed by atoms with van der Waals surface area (Å²) in [5.74, 6) is -0.154. The molecule has 7 heteroatoms. The zero-order valence-corrected chi connectivity index (χ0v) is 16.3. The van der Waals surface area contributed by atoms with Gasteiger partial charge in [0.05, 0.1) is 17.4 Å². The highest BCUT2D eigenvalue weighted by atomic mass is 35.5. The van der Waals surface area contributed by atoms with Crippen LogP contribution in [-0.4, -0.2) is 14.0 Å². The molecule has 1 aliphatic carbocycles. The quantitative estimate of drug-likeness (QED) is 0.767. The van der Waals surface area contributed by atoms with Crippen molar-refractivity contribution in [1.82, 2.24) is 4.72 Å². The van der Waals surface area contributed by atoms with Crippen molar-refractivity contribution in [3.8, 4) is 6.07 Å². The average Bonchev–Trinajstić information content (AvgIpc) is 2.54. The number of nitriles is 1. The highest BCUT2D eigenvalue weighted by Gasteiger charge is 2.40. The minimum Gasteiger partial charge on any atom is -0.212 e. The third-order valence-corrected chi connectivity index (χ3v) is 6.68. The molecule has 26 heavy (non-hydrogen) atoms. The fraction of sp³-hybridized carbons (Fsp3) is 0.316. The predicted molar refractivity (Wildman–Crippen MR) is 104 cm³/mol. The number of hydrogen-bond donors (Lipinski definition) is 1. The summed E-state index contributed by atoms with van der Waals surface area (Å²) < 4.78 is 28.3. The van der Waals surface area contributed by atoms with Crippen molar-refractivity contribution in [1.29, 1.82) is 5.26 Å². The SMILES string of the molecule is N#Cc1cccc(CS(=O)(=O)NC2(Cc3ccc(Cl)cc3Cl)CCC2)c1. The summed E-state index contributed by atoms with van der Waals surface area (Å²) in [6, 6.07) is 14.0. The van der Waals surface area contributed by atoms with Crippen LogP contribution in [0.4, 0.5) is 0 Å². The first-order chi connectivity index (χ1) is 12.3. The Hall–Kier alpha value is -1.58. The van der Waals surface area contributed by atoms with E-state index in [1.165, 1.54) is 0 Å². The molecule has 1 aliphatic rings. The number of hydrogen-bond acceptors (Lipinski definition) is 3. The van der Waals surface area contributed by atoms with Crippen LogP contribution < -0.4 is 4.72 Å². The van der Waals surface area contributed by atoms with Gasteiger partial charge in [-0.15, -0.1) is 0 Å². The molecule has 0 saturated heterocycles. The molecule has 4 nitrogen and oxygen atoms in total. The van der Waals surface area contributed by atoms with Gasteiger partial charge in [-0.05, 0) is 61.1 Å². The molecule has 0 spiro atoms. The van der Waals surface area contributed by atoms with Crippen molar-refractivity contribution in [2.75, 3.05) is 0 Å². The van der Waals surface area contributed by atoms with E-state index in [0.29, 0.717) is 27.6 Å². The maximum Gasteiger partial charge on any atom is 0.216 e. The second-order valence-corrected chi connectivity index (χ2v) is 9.29. The molecule has 0 radical (unpaired) electrons. The third-order valence-electron chi connectivity index (χ3n) is 4.64. The van der Waals surface area contributed by atoms with Gasteiger partial charge >= 0.3 is 0 Å². The number of nitrogens with zero attached hydrogens (tertiary/aromatic N) is 1. The zero-order valence-electron chi connectivity index (χ0n) is 14.0. The monoisotopic (exact) mass is 408 g/mol. The molecule has 0 aliphatic heterocycles. The molecular weight excluding hydrogens is 391 g/mol. The molecule has 3 rings (SSSR count). The van der Waals surface area contributed by atoms with Crippen molar-refractivity contribution in [3.63, 3.8) is 0 Å². The fourth-order valence-corrected chi connectivity index (χ4v) is 5.37. The van der Waals surface area contributed by atoms with Gasteiger partial charge in [0.2, 0.25) is 10.0 Å². The largest absolute Gasteiger partial charge is 0.216 e. The second-order valence-electron chi connectivity index (χ2n) is 6.72. The summed E-state index contributed by atoms with van der Waals surface area (Å²) in [5, 5.41) is 10.1. The fourth-order valence-electron chi connectivity index (χ4n) is 3.26. The summed E-state index contributed by atoms with van der Waals surface area (Å²) in [5.41, 5.74) is 1.41. The van der Waals surface area contributed by atoms with Gasteiger partial charge < -0.3 is 0 Å². The number of rotatable bonds is 6. The lowest BCUT2D eigenvalue weighted by molar-refractivity contribution is 0.220. The van der Waals surface area contributed by atoms with E-state index in [1.807, 2.05) is 12.1 Å². The molecule has 0 atom stereocenters. The number of benzene rings is 2. The lowest BCUT2D eigenvalue weighted by Gasteiger charge is -2.42. The van der Waals surface area contributed by atoms with E-state index >= 15 is 0 Å². The van der Waals surface area contributed by atoms with E-state index in [1.54, 1.807) is 36.4 Å². The first kappa shape index (κ1) is 19.2. The summed E-state index contributed by atoms with van der Waals surface area (Å²) >= 11 is 12.2. The molecular formula is C19H18Cl2N2O2S. The molecule has 1 N–H and O–H groups in total. The minimum absolute atomic E-state index is 0.154. The zero-order chi connectivity index (χ0) is 18.8. The Bertz CT molecular complexity index is 964. The van der Waals surface area contributed by atoms with Crippen molar-refractivity contribution < 1.29 is 8.42 Å². The smallest absolute Gasteiger partial charge is 0.212 e. The van der Waals surface area contributed by atoms with Crippen LogP contribution in [0.3, 0.4) is 0 Å². The van der Waals surface area contributed by atoms with Gasteiger partial charge in [-0.2, -0.15) is 5.26 Å². The second kappa shape index (κ2) is 7.58. The first-order valence-electron chi connectivity index (χ1n) is 8.25. The Kier molecular flexibility index (Phi) is 5.59. The average molecular weight is 409 g/mol. The van der Waals surface area contributed by atoms with Gasteiger partial charge in [0.1, 0.15) is 0 Å². The van der Waals surface area contributed by atoms with E-state index in [9.17, 15) is 8.42 Å². The highest BCUT2D eigenvalue weighted by Crippen LogP contribution is 2.38. The van der Waals surface area contributed by atoms with E-state index in [4.69, 9.17) is 28.5 Å². The van der Waals surface area contributed by atoms with Gasteiger partial charge in [-0.1, -0.05) is 41.4 Å². The van der Waals surface area contributed by atoms with Crippen LogP contribution >= 0.6 is 23.2 Å². The van der Waals surface area contributed by atoms with Crippen LogP contribution in [0.2, 0.25) is 10.0 Å². The molecule has 2 aromatic rings. The molecule has 0 amide bonds. The Morgan fingerprint density at radius 2 is 1.92 bits per heavy atom. The standard InChI is InChI=1S/C19H18Cl2N2O2S/c20-17-6-5-16(18(21)10-17)11-19(7-2-8-19)23-26(24,25)13-15-4-1-3-14(9-15)12-22/h1,3-6,9-10,23H,2,7-8,11,13H2. The normalized spacial score (nSPS) is 15.9. The molecule has 0 bridgehead atoms. The molecule has 0 heterocycles. The maximum absolute atomic E-state index is 12.7. The molecule has 136 valence electrons. The molecule has 0 aromatic heterocycles. The Morgan fingerprint density at radius 3 is 2.54 bits per heavy atom. The van der Waals surface area contributed by atoms with E-state index in [0.717, 1.165) is 24.8 Å². The van der Waals surface area contributed by atoms with Crippen molar-refractivity contribution in [3.05, 3.63) is 69.2 Å². The summed E-state index contributed by atoms with van der Waals surface area (Å²) in [6.07, 6.45) is 3.03. The summed E-state index contributed by atoms with van der Waals surface area (Å²) in [6.45, 7) is 0. The Morgan fingerprint density at radius 1 is 1.15 bits per heavy atom. The minimum atomic E-state index is -3.55. The van der Waals surface area contributed by atoms with Gasteiger partial charge in [0.15, 0.2) is 0 Å². The van der Waals surface area contributed by atoms with Crippen LogP contribution in [0.15, 0.2) is 42.5 Å². The van der Waals surface area contributed by atoms with Crippen LogP contribution in [0.1, 0.15) is 36.0 Å². The Labute approximate surface area is 163 Å². The summed E-state index contributed by atoms with van der Waals surface area (Å²) in [4.78, 5) is 0. The lowest BCUT2D eigenvalue weighted by atomic mass is 9.74. The van der Waals surface area contributed by atoms with Crippen LogP contribution in [0.5, 0.6) is 0 Å². The van der Waals surface area contributed by atoms with Gasteiger partial charge in [0.25, 0.3) is 0 Å². The van der Waals surface area contributed by atoms with Crippen molar-refractivity contribution >= 4 is 33.2 Å². The van der Waals surface area contributed by atoms with Crippen LogP contribution in [-0.2, 0) is 22.2 Å². The Balaban J connectivity index is 1.76. The van der Waals surface area contributed by atoms with Crippen LogP contribution in [0.25, 0.3) is 0 Å². The molecule has 2 aromatic carbocycles. The van der Waals surface area contributed by atoms with E-state index in [2.05, 4.69) is 4.72 Å². The summed E-state index contributed by atoms with van der Waals surface area (Å²) in [7, 11) is -3.55. The predicted octanol–water partition coefficient (Wildman–Crippen LogP) is 4.45. The van der Waals surface area contributed by atoms with Crippen molar-refractivity contribution in [2.45, 2.75) is 37.0 Å². The molecule has 1 fully saturated rings. The number of sulfonamides is 1.